The van der Waals surface area contributed by atoms with E-state index in [0.717, 1.165) is 22.2 Å². The number of benzene rings is 3. The largest absolute Gasteiger partial charge is 0.480 e. The highest BCUT2D eigenvalue weighted by Gasteiger charge is 2.14. The topological polar surface area (TPSA) is 64.4 Å². The van der Waals surface area contributed by atoms with E-state index in [9.17, 15) is 9.90 Å². The van der Waals surface area contributed by atoms with Gasteiger partial charge in [-0.2, -0.15) is 0 Å². The number of halogens is 1. The van der Waals surface area contributed by atoms with Gasteiger partial charge in [0.15, 0.2) is 0 Å². The SMILES string of the molecule is Cc1cc(Oc2ccc(-c3nc4ccccc4n3CC(=O)O)cc2)ccc1Cl. The Balaban J connectivity index is 1.67. The van der Waals surface area contributed by atoms with E-state index in [0.29, 0.717) is 22.3 Å². The first kappa shape index (κ1) is 18.1. The van der Waals surface area contributed by atoms with Gasteiger partial charge in [0.2, 0.25) is 0 Å². The van der Waals surface area contributed by atoms with E-state index in [-0.39, 0.29) is 6.54 Å². The van der Waals surface area contributed by atoms with Gasteiger partial charge in [0.05, 0.1) is 11.0 Å². The number of rotatable bonds is 5. The van der Waals surface area contributed by atoms with Crippen molar-refractivity contribution in [3.05, 3.63) is 77.3 Å². The predicted octanol–water partition coefficient (Wildman–Crippen LogP) is 5.54. The van der Waals surface area contributed by atoms with Crippen molar-refractivity contribution < 1.29 is 14.6 Å². The molecule has 1 aromatic heterocycles. The monoisotopic (exact) mass is 392 g/mol. The molecule has 0 aliphatic rings. The maximum absolute atomic E-state index is 11.3. The molecule has 0 aliphatic carbocycles. The van der Waals surface area contributed by atoms with Gasteiger partial charge in [0, 0.05) is 10.6 Å². The van der Waals surface area contributed by atoms with Crippen molar-refractivity contribution in [1.82, 2.24) is 9.55 Å². The van der Waals surface area contributed by atoms with Gasteiger partial charge >= 0.3 is 5.97 Å². The van der Waals surface area contributed by atoms with Gasteiger partial charge in [-0.3, -0.25) is 4.79 Å². The molecule has 0 fully saturated rings. The predicted molar refractivity (Wildman–Crippen MR) is 109 cm³/mol. The van der Waals surface area contributed by atoms with Gasteiger partial charge in [-0.25, -0.2) is 4.98 Å². The highest BCUT2D eigenvalue weighted by atomic mass is 35.5. The summed E-state index contributed by atoms with van der Waals surface area (Å²) in [6.07, 6.45) is 0. The Morgan fingerprint density at radius 2 is 1.79 bits per heavy atom. The average molecular weight is 393 g/mol. The molecule has 0 amide bonds. The third kappa shape index (κ3) is 3.57. The van der Waals surface area contributed by atoms with Crippen molar-refractivity contribution in [3.8, 4) is 22.9 Å². The van der Waals surface area contributed by atoms with E-state index < -0.39 is 5.97 Å². The van der Waals surface area contributed by atoms with E-state index in [1.165, 1.54) is 0 Å². The number of ether oxygens (including phenoxy) is 1. The van der Waals surface area contributed by atoms with Crippen molar-refractivity contribution in [3.63, 3.8) is 0 Å². The first-order valence-electron chi connectivity index (χ1n) is 8.73. The maximum atomic E-state index is 11.3. The van der Waals surface area contributed by atoms with E-state index in [1.807, 2.05) is 67.6 Å². The fraction of sp³-hybridized carbons (Fsp3) is 0.0909. The number of para-hydroxylation sites is 2. The fourth-order valence-corrected chi connectivity index (χ4v) is 3.20. The zero-order chi connectivity index (χ0) is 19.7. The molecule has 1 N–H and O–H groups in total. The normalized spacial score (nSPS) is 10.9. The number of carboxylic acid groups (broad SMARTS) is 1. The summed E-state index contributed by atoms with van der Waals surface area (Å²) >= 11 is 6.05. The van der Waals surface area contributed by atoms with Crippen LogP contribution in [0.25, 0.3) is 22.4 Å². The summed E-state index contributed by atoms with van der Waals surface area (Å²) in [5, 5.41) is 9.98. The summed E-state index contributed by atoms with van der Waals surface area (Å²) in [6, 6.07) is 20.4. The summed E-state index contributed by atoms with van der Waals surface area (Å²) in [7, 11) is 0. The second-order valence-electron chi connectivity index (χ2n) is 6.44. The van der Waals surface area contributed by atoms with Crippen LogP contribution >= 0.6 is 11.6 Å². The summed E-state index contributed by atoms with van der Waals surface area (Å²) in [5.41, 5.74) is 3.31. The number of hydrogen-bond acceptors (Lipinski definition) is 3. The molecule has 0 atom stereocenters. The lowest BCUT2D eigenvalue weighted by atomic mass is 10.2. The zero-order valence-electron chi connectivity index (χ0n) is 15.1. The maximum Gasteiger partial charge on any atom is 0.323 e. The Morgan fingerprint density at radius 1 is 1.07 bits per heavy atom. The van der Waals surface area contributed by atoms with Crippen LogP contribution in [0.2, 0.25) is 5.02 Å². The van der Waals surface area contributed by atoms with Crippen molar-refractivity contribution in [2.45, 2.75) is 13.5 Å². The highest BCUT2D eigenvalue weighted by molar-refractivity contribution is 6.31. The number of fused-ring (bicyclic) bond motifs is 1. The molecule has 0 radical (unpaired) electrons. The number of imidazole rings is 1. The minimum absolute atomic E-state index is 0.155. The molecule has 0 saturated heterocycles. The molecule has 28 heavy (non-hydrogen) atoms. The van der Waals surface area contributed by atoms with Crippen LogP contribution in [0.15, 0.2) is 66.7 Å². The minimum atomic E-state index is -0.914. The number of nitrogens with zero attached hydrogens (tertiary/aromatic N) is 2. The third-order valence-electron chi connectivity index (χ3n) is 4.43. The van der Waals surface area contributed by atoms with E-state index in [1.54, 1.807) is 10.6 Å². The molecular weight excluding hydrogens is 376 g/mol. The number of aliphatic carboxylic acids is 1. The molecule has 140 valence electrons. The van der Waals surface area contributed by atoms with Gasteiger partial charge < -0.3 is 14.4 Å². The van der Waals surface area contributed by atoms with Crippen LogP contribution in [0.1, 0.15) is 5.56 Å². The molecule has 0 aliphatic heterocycles. The Hall–Kier alpha value is -3.31. The molecule has 4 aromatic rings. The number of hydrogen-bond donors (Lipinski definition) is 1. The lowest BCUT2D eigenvalue weighted by Gasteiger charge is -2.09. The Morgan fingerprint density at radius 3 is 2.50 bits per heavy atom. The highest BCUT2D eigenvalue weighted by Crippen LogP contribution is 2.29. The van der Waals surface area contributed by atoms with Crippen molar-refractivity contribution in [2.75, 3.05) is 0 Å². The van der Waals surface area contributed by atoms with Crippen LogP contribution in [0.5, 0.6) is 11.5 Å². The first-order chi connectivity index (χ1) is 13.5. The number of carbonyl (C=O) groups is 1. The standard InChI is InChI=1S/C22H17ClN2O3/c1-14-12-17(10-11-18(14)23)28-16-8-6-15(7-9-16)22-24-19-4-2-3-5-20(19)25(22)13-21(26)27/h2-12H,13H2,1H3,(H,26,27). The fourth-order valence-electron chi connectivity index (χ4n) is 3.08. The average Bonchev–Trinajstić information content (AvgIpc) is 3.03. The van der Waals surface area contributed by atoms with Gasteiger partial charge in [0.1, 0.15) is 23.9 Å². The molecule has 0 unspecified atom stereocenters. The molecule has 6 heteroatoms. The van der Waals surface area contributed by atoms with Crippen LogP contribution in [0.3, 0.4) is 0 Å². The van der Waals surface area contributed by atoms with Crippen molar-refractivity contribution >= 4 is 28.6 Å². The van der Waals surface area contributed by atoms with E-state index in [2.05, 4.69) is 4.98 Å². The van der Waals surface area contributed by atoms with Crippen LogP contribution in [0, 0.1) is 6.92 Å². The molecule has 0 bridgehead atoms. The zero-order valence-corrected chi connectivity index (χ0v) is 15.8. The van der Waals surface area contributed by atoms with Crippen LogP contribution in [0.4, 0.5) is 0 Å². The van der Waals surface area contributed by atoms with Crippen molar-refractivity contribution in [2.24, 2.45) is 0 Å². The van der Waals surface area contributed by atoms with Crippen molar-refractivity contribution in [1.29, 1.82) is 0 Å². The van der Waals surface area contributed by atoms with E-state index >= 15 is 0 Å². The van der Waals surface area contributed by atoms with Gasteiger partial charge in [-0.05, 0) is 67.1 Å². The van der Waals surface area contributed by atoms with Gasteiger partial charge in [-0.15, -0.1) is 0 Å². The lowest BCUT2D eigenvalue weighted by molar-refractivity contribution is -0.137. The molecule has 3 aromatic carbocycles. The molecular formula is C22H17ClN2O3. The first-order valence-corrected chi connectivity index (χ1v) is 9.10. The van der Waals surface area contributed by atoms with Crippen LogP contribution in [-0.2, 0) is 11.3 Å². The molecule has 1 heterocycles. The summed E-state index contributed by atoms with van der Waals surface area (Å²) < 4.78 is 7.58. The summed E-state index contributed by atoms with van der Waals surface area (Å²) in [6.45, 7) is 1.77. The second kappa shape index (κ2) is 7.37. The Labute approximate surface area is 166 Å². The number of aryl methyl sites for hydroxylation is 1. The Bertz CT molecular complexity index is 1170. The number of carboxylic acids is 1. The molecule has 0 spiro atoms. The van der Waals surface area contributed by atoms with Crippen LogP contribution < -0.4 is 4.74 Å². The second-order valence-corrected chi connectivity index (χ2v) is 6.85. The molecule has 0 saturated carbocycles. The minimum Gasteiger partial charge on any atom is -0.480 e. The Kier molecular flexibility index (Phi) is 4.75. The smallest absolute Gasteiger partial charge is 0.323 e. The summed E-state index contributed by atoms with van der Waals surface area (Å²) in [5.74, 6) is 1.07. The lowest BCUT2D eigenvalue weighted by Crippen LogP contribution is -2.09. The summed E-state index contributed by atoms with van der Waals surface area (Å²) in [4.78, 5) is 15.9. The van der Waals surface area contributed by atoms with Gasteiger partial charge in [-0.1, -0.05) is 23.7 Å². The van der Waals surface area contributed by atoms with E-state index in [4.69, 9.17) is 16.3 Å². The molecule has 5 nitrogen and oxygen atoms in total. The molecule has 4 rings (SSSR count). The number of aromatic nitrogens is 2. The third-order valence-corrected chi connectivity index (χ3v) is 4.85. The quantitative estimate of drug-likeness (QED) is 0.484. The van der Waals surface area contributed by atoms with Gasteiger partial charge in [0.25, 0.3) is 0 Å². The van der Waals surface area contributed by atoms with Crippen LogP contribution in [-0.4, -0.2) is 20.6 Å².